The number of rotatable bonds is 4. The highest BCUT2D eigenvalue weighted by Gasteiger charge is 2.41. The molecule has 1 fully saturated rings. The molecular formula is C12H13N3O2S. The zero-order chi connectivity index (χ0) is 12.6. The van der Waals surface area contributed by atoms with Crippen molar-refractivity contribution in [3.05, 3.63) is 48.2 Å². The number of aromatic nitrogens is 2. The Hall–Kier alpha value is -1.66. The zero-order valence-electron chi connectivity index (χ0n) is 9.58. The van der Waals surface area contributed by atoms with Gasteiger partial charge in [-0.25, -0.2) is 13.1 Å². The second kappa shape index (κ2) is 4.22. The third-order valence-corrected chi connectivity index (χ3v) is 4.51. The summed E-state index contributed by atoms with van der Waals surface area (Å²) in [5.41, 5.74) is 1.18. The number of hydrogen-bond acceptors (Lipinski definition) is 3. The van der Waals surface area contributed by atoms with Gasteiger partial charge in [-0.05, 0) is 18.1 Å². The van der Waals surface area contributed by atoms with Crippen LogP contribution in [0.4, 0.5) is 0 Å². The van der Waals surface area contributed by atoms with Gasteiger partial charge in [-0.3, -0.25) is 5.10 Å². The average Bonchev–Trinajstić information content (AvgIpc) is 2.91. The monoisotopic (exact) mass is 263 g/mol. The highest BCUT2D eigenvalue weighted by molar-refractivity contribution is 7.89. The lowest BCUT2D eigenvalue weighted by molar-refractivity contribution is 0.575. The van der Waals surface area contributed by atoms with Gasteiger partial charge >= 0.3 is 0 Å². The van der Waals surface area contributed by atoms with E-state index in [4.69, 9.17) is 0 Å². The van der Waals surface area contributed by atoms with Crippen molar-refractivity contribution in [2.24, 2.45) is 0 Å². The molecule has 1 aromatic carbocycles. The predicted octanol–water partition coefficient (Wildman–Crippen LogP) is 1.24. The van der Waals surface area contributed by atoms with E-state index in [1.165, 1.54) is 17.8 Å². The Labute approximate surface area is 105 Å². The Kier molecular flexibility index (Phi) is 2.68. The number of hydrogen-bond donors (Lipinski definition) is 2. The van der Waals surface area contributed by atoms with Crippen LogP contribution in [0.1, 0.15) is 17.9 Å². The standard InChI is InChI=1S/C12H13N3O2S/c16-18(17,12-6-7-13-14-12)15-11-8-10(11)9-4-2-1-3-5-9/h1-7,10-11,15H,8H2,(H,13,14). The van der Waals surface area contributed by atoms with Crippen molar-refractivity contribution in [3.8, 4) is 0 Å². The van der Waals surface area contributed by atoms with E-state index >= 15 is 0 Å². The summed E-state index contributed by atoms with van der Waals surface area (Å²) < 4.78 is 26.6. The van der Waals surface area contributed by atoms with E-state index in [1.807, 2.05) is 30.3 Å². The largest absolute Gasteiger partial charge is 0.266 e. The van der Waals surface area contributed by atoms with Crippen LogP contribution in [-0.4, -0.2) is 24.7 Å². The van der Waals surface area contributed by atoms with E-state index in [0.717, 1.165) is 6.42 Å². The number of H-pyrrole nitrogens is 1. The first-order valence-corrected chi connectivity index (χ1v) is 7.22. The molecule has 2 aromatic rings. The van der Waals surface area contributed by atoms with E-state index in [0.29, 0.717) is 0 Å². The third-order valence-electron chi connectivity index (χ3n) is 3.09. The quantitative estimate of drug-likeness (QED) is 0.871. The van der Waals surface area contributed by atoms with Gasteiger partial charge in [0.2, 0.25) is 0 Å². The molecule has 94 valence electrons. The van der Waals surface area contributed by atoms with Gasteiger partial charge in [-0.1, -0.05) is 30.3 Å². The summed E-state index contributed by atoms with van der Waals surface area (Å²) in [5.74, 6) is 0.281. The van der Waals surface area contributed by atoms with Gasteiger partial charge in [0.1, 0.15) is 0 Å². The molecule has 1 aromatic heterocycles. The number of aromatic amines is 1. The summed E-state index contributed by atoms with van der Waals surface area (Å²) in [6.07, 6.45) is 2.27. The maximum atomic E-state index is 11.9. The van der Waals surface area contributed by atoms with Crippen LogP contribution in [0.25, 0.3) is 0 Å². The Balaban J connectivity index is 1.70. The van der Waals surface area contributed by atoms with E-state index < -0.39 is 10.0 Å². The van der Waals surface area contributed by atoms with Crippen molar-refractivity contribution in [2.45, 2.75) is 23.4 Å². The van der Waals surface area contributed by atoms with Crippen LogP contribution in [0.5, 0.6) is 0 Å². The molecule has 0 amide bonds. The molecule has 0 spiro atoms. The first-order valence-electron chi connectivity index (χ1n) is 5.73. The van der Waals surface area contributed by atoms with Crippen LogP contribution in [0, 0.1) is 0 Å². The predicted molar refractivity (Wildman–Crippen MR) is 66.5 cm³/mol. The summed E-state index contributed by atoms with van der Waals surface area (Å²) >= 11 is 0. The highest BCUT2D eigenvalue weighted by atomic mass is 32.2. The van der Waals surface area contributed by atoms with Crippen LogP contribution in [0.15, 0.2) is 47.6 Å². The summed E-state index contributed by atoms with van der Waals surface area (Å²) in [6, 6.07) is 11.4. The molecule has 18 heavy (non-hydrogen) atoms. The van der Waals surface area contributed by atoms with Gasteiger partial charge in [-0.2, -0.15) is 5.10 Å². The van der Waals surface area contributed by atoms with E-state index in [2.05, 4.69) is 14.9 Å². The lowest BCUT2D eigenvalue weighted by atomic mass is 10.1. The molecule has 0 bridgehead atoms. The van der Waals surface area contributed by atoms with Gasteiger partial charge in [0.25, 0.3) is 10.0 Å². The molecule has 6 heteroatoms. The fourth-order valence-corrected chi connectivity index (χ4v) is 3.25. The molecule has 3 rings (SSSR count). The SMILES string of the molecule is O=S(=O)(NC1CC1c1ccccc1)c1ccn[nH]1. The molecule has 1 aliphatic rings. The Morgan fingerprint density at radius 2 is 2.00 bits per heavy atom. The lowest BCUT2D eigenvalue weighted by Crippen LogP contribution is -2.27. The van der Waals surface area contributed by atoms with E-state index in [-0.39, 0.29) is 17.0 Å². The summed E-state index contributed by atoms with van der Waals surface area (Å²) in [5, 5.41) is 6.23. The molecule has 0 aliphatic heterocycles. The van der Waals surface area contributed by atoms with Crippen LogP contribution in [0.3, 0.4) is 0 Å². The molecule has 2 atom stereocenters. The van der Waals surface area contributed by atoms with Crippen LogP contribution in [-0.2, 0) is 10.0 Å². The second-order valence-electron chi connectivity index (χ2n) is 4.40. The normalized spacial score (nSPS) is 22.9. The fourth-order valence-electron chi connectivity index (χ4n) is 2.05. The molecule has 2 N–H and O–H groups in total. The molecule has 5 nitrogen and oxygen atoms in total. The van der Waals surface area contributed by atoms with E-state index in [9.17, 15) is 8.42 Å². The molecule has 1 heterocycles. The minimum Gasteiger partial charge on any atom is -0.266 e. The van der Waals surface area contributed by atoms with E-state index in [1.54, 1.807) is 0 Å². The minimum atomic E-state index is -3.46. The molecule has 1 saturated carbocycles. The first-order chi connectivity index (χ1) is 8.67. The smallest absolute Gasteiger partial charge is 0.257 e. The molecular weight excluding hydrogens is 250 g/mol. The van der Waals surface area contributed by atoms with Crippen molar-refractivity contribution in [1.29, 1.82) is 0 Å². The summed E-state index contributed by atoms with van der Waals surface area (Å²) in [4.78, 5) is 0. The topological polar surface area (TPSA) is 74.8 Å². The van der Waals surface area contributed by atoms with Gasteiger partial charge in [0.15, 0.2) is 5.03 Å². The Bertz CT molecular complexity index is 623. The molecule has 1 aliphatic carbocycles. The zero-order valence-corrected chi connectivity index (χ0v) is 10.4. The second-order valence-corrected chi connectivity index (χ2v) is 6.08. The maximum Gasteiger partial charge on any atom is 0.257 e. The van der Waals surface area contributed by atoms with Crippen molar-refractivity contribution < 1.29 is 8.42 Å². The van der Waals surface area contributed by atoms with Crippen LogP contribution < -0.4 is 4.72 Å². The van der Waals surface area contributed by atoms with Gasteiger partial charge < -0.3 is 0 Å². The number of nitrogens with one attached hydrogen (secondary N) is 2. The van der Waals surface area contributed by atoms with Crippen molar-refractivity contribution in [2.75, 3.05) is 0 Å². The van der Waals surface area contributed by atoms with Crippen LogP contribution in [0.2, 0.25) is 0 Å². The van der Waals surface area contributed by atoms with Crippen LogP contribution >= 0.6 is 0 Å². The van der Waals surface area contributed by atoms with Gasteiger partial charge in [0.05, 0.1) is 6.20 Å². The first kappa shape index (κ1) is 11.4. The minimum absolute atomic E-state index is 0.0132. The van der Waals surface area contributed by atoms with Crippen molar-refractivity contribution >= 4 is 10.0 Å². The van der Waals surface area contributed by atoms with Crippen molar-refractivity contribution in [3.63, 3.8) is 0 Å². The summed E-state index contributed by atoms with van der Waals surface area (Å²) in [7, 11) is -3.46. The Morgan fingerprint density at radius 3 is 2.67 bits per heavy atom. The molecule has 0 saturated heterocycles. The van der Waals surface area contributed by atoms with Crippen molar-refractivity contribution in [1.82, 2.24) is 14.9 Å². The summed E-state index contributed by atoms with van der Waals surface area (Å²) in [6.45, 7) is 0. The third kappa shape index (κ3) is 2.16. The van der Waals surface area contributed by atoms with Gasteiger partial charge in [-0.15, -0.1) is 0 Å². The number of benzene rings is 1. The molecule has 2 unspecified atom stereocenters. The number of sulfonamides is 1. The lowest BCUT2D eigenvalue weighted by Gasteiger charge is -2.04. The Morgan fingerprint density at radius 1 is 1.22 bits per heavy atom. The number of nitrogens with zero attached hydrogens (tertiary/aromatic N) is 1. The average molecular weight is 263 g/mol. The van der Waals surface area contributed by atoms with Gasteiger partial charge in [0, 0.05) is 12.0 Å². The fraction of sp³-hybridized carbons (Fsp3) is 0.250. The molecule has 0 radical (unpaired) electrons. The maximum absolute atomic E-state index is 11.9. The highest BCUT2D eigenvalue weighted by Crippen LogP contribution is 2.41.